The number of carboxylic acid groups (broad SMARTS) is 1. The van der Waals surface area contributed by atoms with Crippen molar-refractivity contribution >= 4 is 11.9 Å². The van der Waals surface area contributed by atoms with Crippen LogP contribution >= 0.6 is 0 Å². The molecule has 0 aliphatic rings. The third-order valence-electron chi connectivity index (χ3n) is 1.55. The van der Waals surface area contributed by atoms with E-state index in [-0.39, 0.29) is 11.3 Å². The van der Waals surface area contributed by atoms with E-state index in [2.05, 4.69) is 0 Å². The quantitative estimate of drug-likeness (QED) is 0.756. The number of hydrogen-bond donors (Lipinski definition) is 2. The van der Waals surface area contributed by atoms with E-state index < -0.39 is 24.3 Å². The lowest BCUT2D eigenvalue weighted by Crippen LogP contribution is -2.20. The number of ether oxygens (including phenoxy) is 1. The Kier molecular flexibility index (Phi) is 3.22. The molecule has 0 radical (unpaired) electrons. The minimum atomic E-state index is -1.24. The third kappa shape index (κ3) is 2.94. The van der Waals surface area contributed by atoms with E-state index in [4.69, 9.17) is 15.6 Å². The van der Waals surface area contributed by atoms with E-state index in [0.717, 1.165) is 12.1 Å². The van der Waals surface area contributed by atoms with Crippen molar-refractivity contribution in [1.29, 1.82) is 0 Å². The molecule has 1 rings (SSSR count). The van der Waals surface area contributed by atoms with Gasteiger partial charge in [-0.3, -0.25) is 4.79 Å². The Labute approximate surface area is 84.3 Å². The SMILES string of the molecule is NC(=O)COc1ccc(C(=O)O)cc1F. The van der Waals surface area contributed by atoms with Gasteiger partial charge in [0.2, 0.25) is 0 Å². The number of primary amides is 1. The number of halogens is 1. The number of rotatable bonds is 4. The molecule has 0 spiro atoms. The number of carbonyl (C=O) groups is 2. The van der Waals surface area contributed by atoms with Gasteiger partial charge in [0.25, 0.3) is 5.91 Å². The number of aromatic carboxylic acids is 1. The highest BCUT2D eigenvalue weighted by molar-refractivity contribution is 5.87. The van der Waals surface area contributed by atoms with Crippen LogP contribution in [-0.4, -0.2) is 23.6 Å². The van der Waals surface area contributed by atoms with Crippen molar-refractivity contribution < 1.29 is 23.8 Å². The Hall–Kier alpha value is -2.11. The molecule has 5 nitrogen and oxygen atoms in total. The van der Waals surface area contributed by atoms with Gasteiger partial charge in [-0.1, -0.05) is 0 Å². The van der Waals surface area contributed by atoms with Crippen molar-refractivity contribution in [2.45, 2.75) is 0 Å². The minimum absolute atomic E-state index is 0.195. The topological polar surface area (TPSA) is 89.6 Å². The van der Waals surface area contributed by atoms with Crippen LogP contribution in [0.15, 0.2) is 18.2 Å². The Morgan fingerprint density at radius 1 is 1.47 bits per heavy atom. The summed E-state index contributed by atoms with van der Waals surface area (Å²) in [6.07, 6.45) is 0. The summed E-state index contributed by atoms with van der Waals surface area (Å²) in [4.78, 5) is 20.8. The molecular weight excluding hydrogens is 205 g/mol. The van der Waals surface area contributed by atoms with Crippen LogP contribution in [0.2, 0.25) is 0 Å². The summed E-state index contributed by atoms with van der Waals surface area (Å²) < 4.78 is 17.8. The summed E-state index contributed by atoms with van der Waals surface area (Å²) in [5.41, 5.74) is 4.59. The highest BCUT2D eigenvalue weighted by atomic mass is 19.1. The zero-order valence-electron chi connectivity index (χ0n) is 7.57. The molecular formula is C9H8FNO4. The summed E-state index contributed by atoms with van der Waals surface area (Å²) in [7, 11) is 0. The van der Waals surface area contributed by atoms with Crippen molar-refractivity contribution in [3.8, 4) is 5.75 Å². The molecule has 0 heterocycles. The monoisotopic (exact) mass is 213 g/mol. The molecule has 1 amide bonds. The van der Waals surface area contributed by atoms with Crippen LogP contribution in [0.25, 0.3) is 0 Å². The lowest BCUT2D eigenvalue weighted by Gasteiger charge is -2.05. The van der Waals surface area contributed by atoms with E-state index in [1.54, 1.807) is 0 Å². The summed E-state index contributed by atoms with van der Waals surface area (Å²) in [5, 5.41) is 8.54. The summed E-state index contributed by atoms with van der Waals surface area (Å²) in [5.74, 6) is -3.04. The number of nitrogens with two attached hydrogens (primary N) is 1. The molecule has 0 unspecified atom stereocenters. The van der Waals surface area contributed by atoms with E-state index in [0.29, 0.717) is 0 Å². The maximum absolute atomic E-state index is 13.1. The van der Waals surface area contributed by atoms with Gasteiger partial charge in [-0.25, -0.2) is 9.18 Å². The average Bonchev–Trinajstić information content (AvgIpc) is 2.15. The Morgan fingerprint density at radius 3 is 2.60 bits per heavy atom. The summed E-state index contributed by atoms with van der Waals surface area (Å²) >= 11 is 0. The van der Waals surface area contributed by atoms with Crippen molar-refractivity contribution in [2.75, 3.05) is 6.61 Å². The van der Waals surface area contributed by atoms with Gasteiger partial charge in [0.15, 0.2) is 18.2 Å². The molecule has 0 saturated carbocycles. The second kappa shape index (κ2) is 4.41. The molecule has 6 heteroatoms. The molecule has 1 aromatic rings. The Morgan fingerprint density at radius 2 is 2.13 bits per heavy atom. The van der Waals surface area contributed by atoms with Crippen molar-refractivity contribution in [3.63, 3.8) is 0 Å². The zero-order chi connectivity index (χ0) is 11.4. The van der Waals surface area contributed by atoms with Crippen LogP contribution in [0.4, 0.5) is 4.39 Å². The number of carboxylic acids is 1. The molecule has 0 saturated heterocycles. The van der Waals surface area contributed by atoms with Crippen LogP contribution < -0.4 is 10.5 Å². The maximum atomic E-state index is 13.1. The smallest absolute Gasteiger partial charge is 0.335 e. The lowest BCUT2D eigenvalue weighted by atomic mass is 10.2. The van der Waals surface area contributed by atoms with Crippen LogP contribution in [0.3, 0.4) is 0 Å². The number of amides is 1. The molecule has 1 aromatic carbocycles. The molecule has 80 valence electrons. The van der Waals surface area contributed by atoms with E-state index >= 15 is 0 Å². The highest BCUT2D eigenvalue weighted by Gasteiger charge is 2.09. The first kappa shape index (κ1) is 11.0. The van der Waals surface area contributed by atoms with Crippen molar-refractivity contribution in [1.82, 2.24) is 0 Å². The van der Waals surface area contributed by atoms with Gasteiger partial charge in [-0.2, -0.15) is 0 Å². The Balaban J connectivity index is 2.83. The number of carbonyl (C=O) groups excluding carboxylic acids is 1. The molecule has 0 aliphatic heterocycles. The maximum Gasteiger partial charge on any atom is 0.335 e. The standard InChI is InChI=1S/C9H8FNO4/c10-6-3-5(9(13)14)1-2-7(6)15-4-8(11)12/h1-3H,4H2,(H2,11,12)(H,13,14). The molecule has 15 heavy (non-hydrogen) atoms. The van der Waals surface area contributed by atoms with Gasteiger partial charge >= 0.3 is 5.97 Å². The van der Waals surface area contributed by atoms with Gasteiger partial charge in [-0.05, 0) is 18.2 Å². The largest absolute Gasteiger partial charge is 0.481 e. The Bertz CT molecular complexity index is 405. The van der Waals surface area contributed by atoms with Crippen LogP contribution in [-0.2, 0) is 4.79 Å². The predicted molar refractivity (Wildman–Crippen MR) is 48.0 cm³/mol. The predicted octanol–water partition coefficient (Wildman–Crippen LogP) is 0.388. The molecule has 0 aromatic heterocycles. The van der Waals surface area contributed by atoms with Gasteiger partial charge in [0, 0.05) is 0 Å². The third-order valence-corrected chi connectivity index (χ3v) is 1.55. The summed E-state index contributed by atoms with van der Waals surface area (Å²) in [6, 6.07) is 3.10. The zero-order valence-corrected chi connectivity index (χ0v) is 7.57. The number of benzene rings is 1. The van der Waals surface area contributed by atoms with Gasteiger partial charge < -0.3 is 15.6 Å². The van der Waals surface area contributed by atoms with E-state index in [1.165, 1.54) is 6.07 Å². The highest BCUT2D eigenvalue weighted by Crippen LogP contribution is 2.18. The fourth-order valence-corrected chi connectivity index (χ4v) is 0.900. The van der Waals surface area contributed by atoms with Gasteiger partial charge in [-0.15, -0.1) is 0 Å². The minimum Gasteiger partial charge on any atom is -0.481 e. The molecule has 0 bridgehead atoms. The fraction of sp³-hybridized carbons (Fsp3) is 0.111. The molecule has 3 N–H and O–H groups in total. The van der Waals surface area contributed by atoms with Crippen LogP contribution in [0, 0.1) is 5.82 Å². The molecule has 0 aliphatic carbocycles. The van der Waals surface area contributed by atoms with Crippen molar-refractivity contribution in [3.05, 3.63) is 29.6 Å². The summed E-state index contributed by atoms with van der Waals surface area (Å²) in [6.45, 7) is -0.455. The fourth-order valence-electron chi connectivity index (χ4n) is 0.900. The number of hydrogen-bond acceptors (Lipinski definition) is 3. The average molecular weight is 213 g/mol. The molecule has 0 atom stereocenters. The first-order valence-electron chi connectivity index (χ1n) is 3.94. The van der Waals surface area contributed by atoms with Gasteiger partial charge in [0.1, 0.15) is 0 Å². The van der Waals surface area contributed by atoms with Crippen LogP contribution in [0.1, 0.15) is 10.4 Å². The molecule has 0 fully saturated rings. The van der Waals surface area contributed by atoms with E-state index in [9.17, 15) is 14.0 Å². The van der Waals surface area contributed by atoms with Crippen molar-refractivity contribution in [2.24, 2.45) is 5.73 Å². The second-order valence-electron chi connectivity index (χ2n) is 2.71. The second-order valence-corrected chi connectivity index (χ2v) is 2.71. The van der Waals surface area contributed by atoms with Crippen LogP contribution in [0.5, 0.6) is 5.75 Å². The van der Waals surface area contributed by atoms with E-state index in [1.807, 2.05) is 0 Å². The first-order chi connectivity index (χ1) is 7.00. The normalized spacial score (nSPS) is 9.67. The van der Waals surface area contributed by atoms with Gasteiger partial charge in [0.05, 0.1) is 5.56 Å². The first-order valence-corrected chi connectivity index (χ1v) is 3.94. The lowest BCUT2D eigenvalue weighted by molar-refractivity contribution is -0.120.